The van der Waals surface area contributed by atoms with E-state index in [0.717, 1.165) is 0 Å². The van der Waals surface area contributed by atoms with Gasteiger partial charge in [0.25, 0.3) is 0 Å². The van der Waals surface area contributed by atoms with E-state index >= 15 is 0 Å². The maximum atomic E-state index is 11.0. The Labute approximate surface area is 109 Å². The molecular formula is C10H19N5O2S. The molecule has 2 N–H and O–H groups in total. The highest BCUT2D eigenvalue weighted by Crippen LogP contribution is 2.11. The van der Waals surface area contributed by atoms with Gasteiger partial charge in [-0.2, -0.15) is 15.0 Å². The summed E-state index contributed by atoms with van der Waals surface area (Å²) >= 11 is 0. The van der Waals surface area contributed by atoms with E-state index in [1.54, 1.807) is 13.3 Å². The lowest BCUT2D eigenvalue weighted by atomic mass is 10.5. The molecule has 1 aromatic heterocycles. The predicted molar refractivity (Wildman–Crippen MR) is 72.6 cm³/mol. The van der Waals surface area contributed by atoms with Crippen LogP contribution in [0.3, 0.4) is 0 Å². The van der Waals surface area contributed by atoms with Gasteiger partial charge in [-0.25, -0.2) is 0 Å². The molecule has 1 rings (SSSR count). The Balaban J connectivity index is 2.73. The lowest BCUT2D eigenvalue weighted by Crippen LogP contribution is -2.15. The lowest BCUT2D eigenvalue weighted by Gasteiger charge is -2.10. The second kappa shape index (κ2) is 7.10. The van der Waals surface area contributed by atoms with E-state index < -0.39 is 10.8 Å². The number of nitrogens with zero attached hydrogens (tertiary/aromatic N) is 3. The first-order valence-corrected chi connectivity index (χ1v) is 7.38. The number of rotatable bonds is 7. The maximum Gasteiger partial charge on any atom is 0.323 e. The Morgan fingerprint density at radius 3 is 2.50 bits per heavy atom. The summed E-state index contributed by atoms with van der Waals surface area (Å²) in [4.78, 5) is 12.3. The van der Waals surface area contributed by atoms with Gasteiger partial charge in [-0.05, 0) is 13.8 Å². The van der Waals surface area contributed by atoms with Gasteiger partial charge in [-0.1, -0.05) is 0 Å². The van der Waals surface area contributed by atoms with Gasteiger partial charge in [-0.3, -0.25) is 4.21 Å². The molecule has 0 spiro atoms. The third kappa shape index (κ3) is 5.26. The second-order valence-electron chi connectivity index (χ2n) is 3.89. The SMILES string of the molecule is CNc1nc(NCCS(C)=O)nc(OC(C)C)n1. The van der Waals surface area contributed by atoms with Crippen LogP contribution in [0.5, 0.6) is 6.01 Å². The molecule has 0 saturated carbocycles. The molecule has 0 saturated heterocycles. The number of hydrogen-bond donors (Lipinski definition) is 2. The normalized spacial score (nSPS) is 12.3. The van der Waals surface area contributed by atoms with Gasteiger partial charge in [0.05, 0.1) is 6.10 Å². The molecule has 1 aromatic rings. The Kier molecular flexibility index (Phi) is 5.76. The summed E-state index contributed by atoms with van der Waals surface area (Å²) < 4.78 is 16.4. The van der Waals surface area contributed by atoms with Crippen LogP contribution in [0.2, 0.25) is 0 Å². The molecule has 0 aromatic carbocycles. The van der Waals surface area contributed by atoms with Gasteiger partial charge in [0.2, 0.25) is 11.9 Å². The minimum Gasteiger partial charge on any atom is -0.461 e. The number of hydrogen-bond acceptors (Lipinski definition) is 7. The molecule has 0 aliphatic carbocycles. The minimum absolute atomic E-state index is 0.00639. The molecule has 8 heteroatoms. The average molecular weight is 273 g/mol. The average Bonchev–Trinajstić information content (AvgIpc) is 2.27. The Morgan fingerprint density at radius 2 is 1.94 bits per heavy atom. The van der Waals surface area contributed by atoms with E-state index in [2.05, 4.69) is 25.6 Å². The molecule has 0 aliphatic rings. The molecule has 7 nitrogen and oxygen atoms in total. The van der Waals surface area contributed by atoms with E-state index in [4.69, 9.17) is 4.74 Å². The molecule has 1 heterocycles. The smallest absolute Gasteiger partial charge is 0.323 e. The zero-order valence-electron chi connectivity index (χ0n) is 11.1. The van der Waals surface area contributed by atoms with E-state index in [1.165, 1.54) is 0 Å². The Hall–Kier alpha value is -1.44. The fourth-order valence-electron chi connectivity index (χ4n) is 1.12. The third-order valence-corrected chi connectivity index (χ3v) is 2.63. The van der Waals surface area contributed by atoms with E-state index in [9.17, 15) is 4.21 Å². The summed E-state index contributed by atoms with van der Waals surface area (Å²) in [6.07, 6.45) is 1.65. The molecule has 18 heavy (non-hydrogen) atoms. The van der Waals surface area contributed by atoms with Crippen molar-refractivity contribution in [1.29, 1.82) is 0 Å². The zero-order chi connectivity index (χ0) is 13.5. The molecule has 0 fully saturated rings. The van der Waals surface area contributed by atoms with Crippen LogP contribution in [0.4, 0.5) is 11.9 Å². The Bertz CT molecular complexity index is 413. The quantitative estimate of drug-likeness (QED) is 0.747. The first kappa shape index (κ1) is 14.6. The zero-order valence-corrected chi connectivity index (χ0v) is 11.9. The standard InChI is InChI=1S/C10H19N5O2S/c1-7(2)17-10-14-8(11-3)13-9(15-10)12-5-6-18(4)16/h7H,5-6H2,1-4H3,(H2,11,12,13,14,15). The molecule has 0 aliphatic heterocycles. The van der Waals surface area contributed by atoms with Crippen LogP contribution in [-0.4, -0.2) is 50.9 Å². The number of anilines is 2. The van der Waals surface area contributed by atoms with Crippen molar-refractivity contribution in [3.63, 3.8) is 0 Å². The van der Waals surface area contributed by atoms with Crippen LogP contribution in [-0.2, 0) is 10.8 Å². The molecule has 0 amide bonds. The van der Waals surface area contributed by atoms with Crippen molar-refractivity contribution >= 4 is 22.7 Å². The number of ether oxygens (including phenoxy) is 1. The van der Waals surface area contributed by atoms with Crippen LogP contribution in [0.25, 0.3) is 0 Å². The van der Waals surface area contributed by atoms with Crippen molar-refractivity contribution < 1.29 is 8.95 Å². The minimum atomic E-state index is -0.841. The van der Waals surface area contributed by atoms with Crippen molar-refractivity contribution in [2.45, 2.75) is 20.0 Å². The van der Waals surface area contributed by atoms with E-state index in [0.29, 0.717) is 24.2 Å². The highest BCUT2D eigenvalue weighted by Gasteiger charge is 2.07. The van der Waals surface area contributed by atoms with Crippen molar-refractivity contribution in [2.24, 2.45) is 0 Å². The summed E-state index contributed by atoms with van der Waals surface area (Å²) in [6, 6.07) is 0.268. The summed E-state index contributed by atoms with van der Waals surface area (Å²) in [5, 5.41) is 5.83. The summed E-state index contributed by atoms with van der Waals surface area (Å²) in [6.45, 7) is 4.34. The van der Waals surface area contributed by atoms with Gasteiger partial charge in [0.1, 0.15) is 0 Å². The highest BCUT2D eigenvalue weighted by atomic mass is 32.2. The molecule has 1 atom stereocenters. The van der Waals surface area contributed by atoms with E-state index in [1.807, 2.05) is 13.8 Å². The summed E-state index contributed by atoms with van der Waals surface area (Å²) in [7, 11) is 0.880. The lowest BCUT2D eigenvalue weighted by molar-refractivity contribution is 0.222. The van der Waals surface area contributed by atoms with Crippen LogP contribution in [0.1, 0.15) is 13.8 Å². The van der Waals surface area contributed by atoms with Crippen molar-refractivity contribution in [1.82, 2.24) is 15.0 Å². The largest absolute Gasteiger partial charge is 0.461 e. The van der Waals surface area contributed by atoms with Crippen LogP contribution in [0, 0.1) is 0 Å². The molecule has 0 radical (unpaired) electrons. The monoisotopic (exact) mass is 273 g/mol. The molecule has 1 unspecified atom stereocenters. The summed E-state index contributed by atoms with van der Waals surface area (Å²) in [5.41, 5.74) is 0. The fourth-order valence-corrected chi connectivity index (χ4v) is 1.51. The van der Waals surface area contributed by atoms with Gasteiger partial charge < -0.3 is 15.4 Å². The van der Waals surface area contributed by atoms with Crippen molar-refractivity contribution in [3.05, 3.63) is 0 Å². The van der Waals surface area contributed by atoms with E-state index in [-0.39, 0.29) is 12.1 Å². The third-order valence-electron chi connectivity index (χ3n) is 1.85. The summed E-state index contributed by atoms with van der Waals surface area (Å²) in [5.74, 6) is 1.39. The molecule has 102 valence electrons. The van der Waals surface area contributed by atoms with Gasteiger partial charge in [0, 0.05) is 36.4 Å². The number of aromatic nitrogens is 3. The fraction of sp³-hybridized carbons (Fsp3) is 0.700. The second-order valence-corrected chi connectivity index (χ2v) is 5.44. The van der Waals surface area contributed by atoms with Crippen LogP contribution >= 0.6 is 0 Å². The van der Waals surface area contributed by atoms with Crippen LogP contribution < -0.4 is 15.4 Å². The van der Waals surface area contributed by atoms with Gasteiger partial charge >= 0.3 is 6.01 Å². The van der Waals surface area contributed by atoms with Crippen molar-refractivity contribution in [3.8, 4) is 6.01 Å². The van der Waals surface area contributed by atoms with Gasteiger partial charge in [0.15, 0.2) is 0 Å². The predicted octanol–water partition coefficient (Wildman–Crippen LogP) is 0.491. The maximum absolute atomic E-state index is 11.0. The van der Waals surface area contributed by atoms with Crippen molar-refractivity contribution in [2.75, 3.05) is 36.2 Å². The Morgan fingerprint density at radius 1 is 1.28 bits per heavy atom. The first-order valence-electron chi connectivity index (χ1n) is 5.65. The molecule has 0 bridgehead atoms. The highest BCUT2D eigenvalue weighted by molar-refractivity contribution is 7.84. The van der Waals surface area contributed by atoms with Crippen LogP contribution in [0.15, 0.2) is 0 Å². The van der Waals surface area contributed by atoms with Gasteiger partial charge in [-0.15, -0.1) is 0 Å². The molecular weight excluding hydrogens is 254 g/mol. The first-order chi connectivity index (χ1) is 8.51. The number of nitrogens with one attached hydrogen (secondary N) is 2. The topological polar surface area (TPSA) is 89.0 Å².